The fourth-order valence-corrected chi connectivity index (χ4v) is 4.62. The lowest BCUT2D eigenvalue weighted by Crippen LogP contribution is -2.46. The van der Waals surface area contributed by atoms with Gasteiger partial charge in [-0.3, -0.25) is 14.7 Å². The normalized spacial score (nSPS) is 13.9. The third kappa shape index (κ3) is 7.28. The standard InChI is InChI=1S/C31H29F3N4O4/c32-31(33,34)22-10-12-23(13-11-22)42-24-14-16-38(17-15-24)29(39)19-35-30(40)27-18-26(36-37-27)25-8-4-5-9-28(25)41-20-21-6-2-1-3-7-21/h1-13,18,24H,14-17,19-20H2,(H,35,40)(H,36,37). The molecule has 0 bridgehead atoms. The molecule has 1 aliphatic heterocycles. The molecule has 0 atom stereocenters. The molecule has 0 saturated carbocycles. The number of para-hydroxylation sites is 1. The third-order valence-electron chi connectivity index (χ3n) is 6.90. The Balaban J connectivity index is 1.09. The molecule has 4 aromatic rings. The fourth-order valence-electron chi connectivity index (χ4n) is 4.62. The summed E-state index contributed by atoms with van der Waals surface area (Å²) in [6.07, 6.45) is -3.57. The topological polar surface area (TPSA) is 96.6 Å². The van der Waals surface area contributed by atoms with Crippen LogP contribution in [0.1, 0.15) is 34.5 Å². The van der Waals surface area contributed by atoms with E-state index in [-0.39, 0.29) is 24.2 Å². The van der Waals surface area contributed by atoms with E-state index >= 15 is 0 Å². The molecule has 42 heavy (non-hydrogen) atoms. The highest BCUT2D eigenvalue weighted by atomic mass is 19.4. The molecule has 0 unspecified atom stereocenters. The SMILES string of the molecule is O=C(NCC(=O)N1CCC(Oc2ccc(C(F)(F)F)cc2)CC1)c1cc(-c2ccccc2OCc2ccccc2)n[nH]1. The van der Waals surface area contributed by atoms with Crippen molar-refractivity contribution in [2.24, 2.45) is 0 Å². The first-order valence-corrected chi connectivity index (χ1v) is 13.5. The van der Waals surface area contributed by atoms with Crippen LogP contribution in [0.5, 0.6) is 11.5 Å². The zero-order valence-electron chi connectivity index (χ0n) is 22.6. The number of halogens is 3. The molecular weight excluding hydrogens is 549 g/mol. The molecule has 3 aromatic carbocycles. The van der Waals surface area contributed by atoms with Crippen molar-refractivity contribution in [3.8, 4) is 22.8 Å². The number of hydrogen-bond donors (Lipinski definition) is 2. The van der Waals surface area contributed by atoms with Gasteiger partial charge in [0, 0.05) is 31.5 Å². The third-order valence-corrected chi connectivity index (χ3v) is 6.90. The van der Waals surface area contributed by atoms with E-state index in [4.69, 9.17) is 9.47 Å². The maximum absolute atomic E-state index is 12.8. The lowest BCUT2D eigenvalue weighted by Gasteiger charge is -2.32. The number of aromatic nitrogens is 2. The number of H-pyrrole nitrogens is 1. The van der Waals surface area contributed by atoms with Crippen molar-refractivity contribution in [2.75, 3.05) is 19.6 Å². The molecule has 1 saturated heterocycles. The lowest BCUT2D eigenvalue weighted by atomic mass is 10.1. The second-order valence-corrected chi connectivity index (χ2v) is 9.84. The van der Waals surface area contributed by atoms with Crippen LogP contribution in [-0.4, -0.2) is 52.6 Å². The Labute approximate surface area is 240 Å². The zero-order chi connectivity index (χ0) is 29.5. The molecule has 2 heterocycles. The minimum atomic E-state index is -4.40. The van der Waals surface area contributed by atoms with Crippen molar-refractivity contribution in [3.63, 3.8) is 0 Å². The van der Waals surface area contributed by atoms with Gasteiger partial charge in [-0.05, 0) is 48.0 Å². The van der Waals surface area contributed by atoms with Gasteiger partial charge in [0.15, 0.2) is 0 Å². The minimum absolute atomic E-state index is 0.186. The van der Waals surface area contributed by atoms with E-state index in [1.807, 2.05) is 54.6 Å². The van der Waals surface area contributed by atoms with Crippen LogP contribution in [0.15, 0.2) is 84.9 Å². The number of nitrogens with one attached hydrogen (secondary N) is 2. The van der Waals surface area contributed by atoms with Crippen LogP contribution in [0.25, 0.3) is 11.3 Å². The monoisotopic (exact) mass is 578 g/mol. The van der Waals surface area contributed by atoms with Crippen molar-refractivity contribution in [3.05, 3.63) is 102 Å². The van der Waals surface area contributed by atoms with Crippen LogP contribution in [0.3, 0.4) is 0 Å². The molecule has 2 amide bonds. The van der Waals surface area contributed by atoms with Gasteiger partial charge in [0.25, 0.3) is 5.91 Å². The van der Waals surface area contributed by atoms with E-state index < -0.39 is 17.6 Å². The van der Waals surface area contributed by atoms with E-state index in [1.54, 1.807) is 11.0 Å². The molecule has 1 aliphatic rings. The van der Waals surface area contributed by atoms with Gasteiger partial charge in [0.1, 0.15) is 29.9 Å². The number of rotatable bonds is 9. The molecule has 0 spiro atoms. The van der Waals surface area contributed by atoms with Crippen LogP contribution in [0.4, 0.5) is 13.2 Å². The summed E-state index contributed by atoms with van der Waals surface area (Å²) in [5, 5.41) is 9.63. The largest absolute Gasteiger partial charge is 0.490 e. The van der Waals surface area contributed by atoms with Gasteiger partial charge in [-0.15, -0.1) is 0 Å². The Hall–Kier alpha value is -4.80. The summed E-state index contributed by atoms with van der Waals surface area (Å²) in [4.78, 5) is 27.1. The molecule has 218 valence electrons. The maximum atomic E-state index is 12.8. The predicted octanol–water partition coefficient (Wildman–Crippen LogP) is 5.47. The first-order chi connectivity index (χ1) is 20.3. The van der Waals surface area contributed by atoms with Crippen LogP contribution in [0.2, 0.25) is 0 Å². The Morgan fingerprint density at radius 3 is 2.36 bits per heavy atom. The van der Waals surface area contributed by atoms with E-state index in [1.165, 1.54) is 12.1 Å². The lowest BCUT2D eigenvalue weighted by molar-refractivity contribution is -0.137. The first-order valence-electron chi connectivity index (χ1n) is 13.5. The van der Waals surface area contributed by atoms with Gasteiger partial charge >= 0.3 is 6.18 Å². The van der Waals surface area contributed by atoms with Crippen molar-refractivity contribution in [2.45, 2.75) is 31.7 Å². The first kappa shape index (κ1) is 28.7. The summed E-state index contributed by atoms with van der Waals surface area (Å²) in [7, 11) is 0. The van der Waals surface area contributed by atoms with Crippen molar-refractivity contribution in [1.82, 2.24) is 20.4 Å². The predicted molar refractivity (Wildman–Crippen MR) is 149 cm³/mol. The molecule has 1 aromatic heterocycles. The highest BCUT2D eigenvalue weighted by Crippen LogP contribution is 2.31. The van der Waals surface area contributed by atoms with Crippen LogP contribution >= 0.6 is 0 Å². The van der Waals surface area contributed by atoms with Crippen LogP contribution < -0.4 is 14.8 Å². The number of piperidine rings is 1. The number of benzene rings is 3. The average Bonchev–Trinajstić information content (AvgIpc) is 3.50. The van der Waals surface area contributed by atoms with Gasteiger partial charge in [-0.1, -0.05) is 42.5 Å². The number of nitrogens with zero attached hydrogens (tertiary/aromatic N) is 2. The zero-order valence-corrected chi connectivity index (χ0v) is 22.6. The Morgan fingerprint density at radius 1 is 0.952 bits per heavy atom. The van der Waals surface area contributed by atoms with Gasteiger partial charge in [0.05, 0.1) is 17.8 Å². The fraction of sp³-hybridized carbons (Fsp3) is 0.258. The molecule has 0 aliphatic carbocycles. The molecule has 8 nitrogen and oxygen atoms in total. The molecule has 0 radical (unpaired) electrons. The van der Waals surface area contributed by atoms with Gasteiger partial charge < -0.3 is 19.7 Å². The van der Waals surface area contributed by atoms with Crippen LogP contribution in [-0.2, 0) is 17.6 Å². The van der Waals surface area contributed by atoms with Gasteiger partial charge in [-0.25, -0.2) is 0 Å². The van der Waals surface area contributed by atoms with E-state index in [9.17, 15) is 22.8 Å². The number of carbonyl (C=O) groups is 2. The van der Waals surface area contributed by atoms with Crippen molar-refractivity contribution >= 4 is 11.8 Å². The number of hydrogen-bond acceptors (Lipinski definition) is 5. The number of alkyl halides is 3. The van der Waals surface area contributed by atoms with Gasteiger partial charge in [-0.2, -0.15) is 18.3 Å². The number of amides is 2. The average molecular weight is 579 g/mol. The number of carbonyl (C=O) groups excluding carboxylic acids is 2. The summed E-state index contributed by atoms with van der Waals surface area (Å²) in [5.41, 5.74) is 1.75. The molecule has 2 N–H and O–H groups in total. The second-order valence-electron chi connectivity index (χ2n) is 9.84. The summed E-state index contributed by atoms with van der Waals surface area (Å²) in [6.45, 7) is 1.02. The molecule has 11 heteroatoms. The maximum Gasteiger partial charge on any atom is 0.416 e. The van der Waals surface area contributed by atoms with Crippen molar-refractivity contribution in [1.29, 1.82) is 0 Å². The minimum Gasteiger partial charge on any atom is -0.490 e. The smallest absolute Gasteiger partial charge is 0.416 e. The molecule has 5 rings (SSSR count). The second kappa shape index (κ2) is 12.8. The molecular formula is C31H29F3N4O4. The molecule has 1 fully saturated rings. The Morgan fingerprint density at radius 2 is 1.64 bits per heavy atom. The van der Waals surface area contributed by atoms with E-state index in [2.05, 4.69) is 15.5 Å². The quantitative estimate of drug-likeness (QED) is 0.275. The Bertz CT molecular complexity index is 1500. The highest BCUT2D eigenvalue weighted by molar-refractivity contribution is 5.95. The number of likely N-dealkylation sites (tertiary alicyclic amines) is 1. The summed E-state index contributed by atoms with van der Waals surface area (Å²) < 4.78 is 50.1. The number of aromatic amines is 1. The van der Waals surface area contributed by atoms with Crippen LogP contribution in [0, 0.1) is 0 Å². The highest BCUT2D eigenvalue weighted by Gasteiger charge is 2.30. The van der Waals surface area contributed by atoms with Gasteiger partial charge in [0.2, 0.25) is 5.91 Å². The van der Waals surface area contributed by atoms with Crippen molar-refractivity contribution < 1.29 is 32.2 Å². The summed E-state index contributed by atoms with van der Waals surface area (Å²) in [6, 6.07) is 23.3. The summed E-state index contributed by atoms with van der Waals surface area (Å²) in [5.74, 6) is 0.270. The Kier molecular flexibility index (Phi) is 8.75. The van der Waals surface area contributed by atoms with E-state index in [0.29, 0.717) is 49.7 Å². The summed E-state index contributed by atoms with van der Waals surface area (Å²) >= 11 is 0. The van der Waals surface area contributed by atoms with E-state index in [0.717, 1.165) is 23.3 Å². The number of ether oxygens (including phenoxy) is 2.